The van der Waals surface area contributed by atoms with E-state index in [1.807, 2.05) is 31.2 Å². The third kappa shape index (κ3) is 3.50. The maximum absolute atomic E-state index is 6.11. The fraction of sp³-hybridized carbons (Fsp3) is 0.0588. The second-order valence-corrected chi connectivity index (χ2v) is 6.14. The first-order valence-electron chi connectivity index (χ1n) is 7.07. The minimum absolute atomic E-state index is 0. The highest BCUT2D eigenvalue weighted by Crippen LogP contribution is 2.33. The molecule has 0 aliphatic rings. The van der Waals surface area contributed by atoms with Gasteiger partial charge in [0.05, 0.1) is 38.6 Å². The van der Waals surface area contributed by atoms with Crippen LogP contribution in [0.2, 0.25) is 10.0 Å². The van der Waals surface area contributed by atoms with Crippen LogP contribution in [-0.2, 0) is 0 Å². The average molecular weight is 398 g/mol. The zero-order valence-electron chi connectivity index (χ0n) is 13.1. The molecule has 0 atom stereocenters. The Morgan fingerprint density at radius 1 is 1.00 bits per heavy atom. The number of halogens is 3. The first kappa shape index (κ1) is 19.3. The lowest BCUT2D eigenvalue weighted by molar-refractivity contribution is 0.824. The number of fused-ring (bicyclic) bond motifs is 3. The topological polar surface area (TPSA) is 85.1 Å². The van der Waals surface area contributed by atoms with Gasteiger partial charge in [-0.15, -0.1) is 12.4 Å². The number of imidazole rings is 1. The van der Waals surface area contributed by atoms with E-state index in [0.29, 0.717) is 10.0 Å². The summed E-state index contributed by atoms with van der Waals surface area (Å²) >= 11 is 12.1. The van der Waals surface area contributed by atoms with Crippen molar-refractivity contribution in [2.75, 3.05) is 5.32 Å². The first-order chi connectivity index (χ1) is 11.1. The number of rotatable bonds is 2. The molecule has 0 radical (unpaired) electrons. The van der Waals surface area contributed by atoms with Gasteiger partial charge in [0.1, 0.15) is 0 Å². The average Bonchev–Trinajstić information content (AvgIpc) is 2.99. The molecule has 0 aliphatic carbocycles. The van der Waals surface area contributed by atoms with Gasteiger partial charge in [-0.25, -0.2) is 4.98 Å². The summed E-state index contributed by atoms with van der Waals surface area (Å²) in [5.74, 6) is 0. The predicted molar refractivity (Wildman–Crippen MR) is 107 cm³/mol. The Bertz CT molecular complexity index is 1050. The third-order valence-corrected chi connectivity index (χ3v) is 4.43. The smallest absolute Gasteiger partial charge is 0.0932 e. The zero-order chi connectivity index (χ0) is 16.0. The van der Waals surface area contributed by atoms with Crippen LogP contribution in [0.3, 0.4) is 0 Å². The van der Waals surface area contributed by atoms with Crippen molar-refractivity contribution in [1.82, 2.24) is 15.0 Å². The fourth-order valence-corrected chi connectivity index (χ4v) is 3.00. The number of nitrogens with one attached hydrogen (secondary N) is 2. The van der Waals surface area contributed by atoms with E-state index in [1.165, 1.54) is 0 Å². The molecule has 4 aromatic rings. The van der Waals surface area contributed by atoms with Crippen LogP contribution in [0, 0.1) is 6.92 Å². The molecule has 0 fully saturated rings. The molecule has 4 rings (SSSR count). The molecule has 0 bridgehead atoms. The molecular formula is C17H15Cl3N4O. The summed E-state index contributed by atoms with van der Waals surface area (Å²) in [5.41, 5.74) is 5.50. The molecule has 4 N–H and O–H groups in total. The molecule has 0 aliphatic heterocycles. The molecule has 8 heteroatoms. The molecule has 2 aromatic carbocycles. The molecule has 0 amide bonds. The number of anilines is 2. The maximum Gasteiger partial charge on any atom is 0.0932 e. The highest BCUT2D eigenvalue weighted by Gasteiger charge is 2.11. The lowest BCUT2D eigenvalue weighted by Gasteiger charge is -2.12. The summed E-state index contributed by atoms with van der Waals surface area (Å²) in [5, 5.41) is 5.45. The number of aryl methyl sites for hydroxylation is 1. The van der Waals surface area contributed by atoms with Gasteiger partial charge in [0.15, 0.2) is 0 Å². The van der Waals surface area contributed by atoms with Gasteiger partial charge in [-0.05, 0) is 43.3 Å². The van der Waals surface area contributed by atoms with E-state index in [4.69, 9.17) is 23.2 Å². The number of nitrogens with zero attached hydrogens (tertiary/aromatic N) is 2. The Morgan fingerprint density at radius 2 is 1.76 bits per heavy atom. The van der Waals surface area contributed by atoms with Crippen LogP contribution >= 0.6 is 35.6 Å². The van der Waals surface area contributed by atoms with Gasteiger partial charge >= 0.3 is 0 Å². The second kappa shape index (κ2) is 7.45. The van der Waals surface area contributed by atoms with Gasteiger partial charge in [-0.2, -0.15) is 0 Å². The van der Waals surface area contributed by atoms with Crippen LogP contribution in [0.5, 0.6) is 0 Å². The van der Waals surface area contributed by atoms with E-state index in [1.54, 1.807) is 18.5 Å². The Hall–Kier alpha value is -2.05. The van der Waals surface area contributed by atoms with Crippen molar-refractivity contribution >= 4 is 68.9 Å². The van der Waals surface area contributed by atoms with Crippen LogP contribution < -0.4 is 5.32 Å². The molecule has 2 aromatic heterocycles. The number of pyridine rings is 1. The summed E-state index contributed by atoms with van der Waals surface area (Å²) in [6, 6.07) is 11.4. The summed E-state index contributed by atoms with van der Waals surface area (Å²) in [6.07, 6.45) is 1.69. The number of aromatic amines is 1. The fourth-order valence-electron chi connectivity index (χ4n) is 2.70. The SMILES string of the molecule is Cc1cc(Nc2ccc(Cl)c(Cl)c2)c2c(ccc3nc[nH]c32)n1.Cl.O. The largest absolute Gasteiger partial charge is 0.412 e. The van der Waals surface area contributed by atoms with E-state index in [2.05, 4.69) is 20.3 Å². The highest BCUT2D eigenvalue weighted by molar-refractivity contribution is 6.42. The van der Waals surface area contributed by atoms with Crippen molar-refractivity contribution < 1.29 is 5.48 Å². The lowest BCUT2D eigenvalue weighted by Crippen LogP contribution is -1.95. The van der Waals surface area contributed by atoms with Crippen molar-refractivity contribution in [3.63, 3.8) is 0 Å². The zero-order valence-corrected chi connectivity index (χ0v) is 15.4. The van der Waals surface area contributed by atoms with Gasteiger partial charge in [0.2, 0.25) is 0 Å². The molecule has 5 nitrogen and oxygen atoms in total. The van der Waals surface area contributed by atoms with E-state index in [-0.39, 0.29) is 17.9 Å². The Morgan fingerprint density at radius 3 is 2.52 bits per heavy atom. The highest BCUT2D eigenvalue weighted by atomic mass is 35.5. The molecular weight excluding hydrogens is 383 g/mol. The summed E-state index contributed by atoms with van der Waals surface area (Å²) < 4.78 is 0. The normalized spacial score (nSPS) is 10.4. The van der Waals surface area contributed by atoms with Crippen LogP contribution in [0.1, 0.15) is 5.69 Å². The van der Waals surface area contributed by atoms with Crippen LogP contribution in [0.15, 0.2) is 42.7 Å². The predicted octanol–water partition coefficient (Wildman–Crippen LogP) is 5.07. The molecule has 0 unspecified atom stereocenters. The molecule has 0 saturated heterocycles. The number of benzene rings is 2. The standard InChI is InChI=1S/C17H12Cl2N4.ClH.H2O/c1-9-6-15(23-10-2-3-11(18)12(19)7-10)16-13(22-9)4-5-14-17(16)21-8-20-14;;/h2-8H,1H3,(H,20,21)(H,22,23);1H;1H2. The van der Waals surface area contributed by atoms with Crippen LogP contribution in [-0.4, -0.2) is 20.4 Å². The minimum Gasteiger partial charge on any atom is -0.412 e. The number of H-pyrrole nitrogens is 1. The van der Waals surface area contributed by atoms with Gasteiger partial charge in [-0.3, -0.25) is 4.98 Å². The molecule has 2 heterocycles. The number of hydrogen-bond acceptors (Lipinski definition) is 3. The minimum atomic E-state index is 0. The van der Waals surface area contributed by atoms with E-state index >= 15 is 0 Å². The summed E-state index contributed by atoms with van der Waals surface area (Å²) in [7, 11) is 0. The van der Waals surface area contributed by atoms with E-state index in [9.17, 15) is 0 Å². The molecule has 130 valence electrons. The van der Waals surface area contributed by atoms with Gasteiger partial charge in [0.25, 0.3) is 0 Å². The maximum atomic E-state index is 6.11. The van der Waals surface area contributed by atoms with Crippen molar-refractivity contribution in [3.05, 3.63) is 58.5 Å². The molecule has 0 spiro atoms. The number of aromatic nitrogens is 3. The van der Waals surface area contributed by atoms with Crippen LogP contribution in [0.4, 0.5) is 11.4 Å². The Balaban J connectivity index is 0.00000113. The van der Waals surface area contributed by atoms with Gasteiger partial charge < -0.3 is 15.8 Å². The molecule has 25 heavy (non-hydrogen) atoms. The molecule has 0 saturated carbocycles. The summed E-state index contributed by atoms with van der Waals surface area (Å²) in [6.45, 7) is 1.97. The van der Waals surface area contributed by atoms with Gasteiger partial charge in [-0.1, -0.05) is 23.2 Å². The van der Waals surface area contributed by atoms with Crippen molar-refractivity contribution in [2.24, 2.45) is 0 Å². The quantitative estimate of drug-likeness (QED) is 0.495. The van der Waals surface area contributed by atoms with Crippen molar-refractivity contribution in [3.8, 4) is 0 Å². The lowest BCUT2D eigenvalue weighted by atomic mass is 10.1. The van der Waals surface area contributed by atoms with Crippen molar-refractivity contribution in [2.45, 2.75) is 6.92 Å². The number of hydrogen-bond donors (Lipinski definition) is 2. The second-order valence-electron chi connectivity index (χ2n) is 5.32. The van der Waals surface area contributed by atoms with Crippen LogP contribution in [0.25, 0.3) is 21.9 Å². The Kier molecular flexibility index (Phi) is 5.75. The Labute approximate surface area is 160 Å². The first-order valence-corrected chi connectivity index (χ1v) is 7.83. The summed E-state index contributed by atoms with van der Waals surface area (Å²) in [4.78, 5) is 12.1. The van der Waals surface area contributed by atoms with Gasteiger partial charge in [0, 0.05) is 16.8 Å². The van der Waals surface area contributed by atoms with E-state index in [0.717, 1.165) is 39.0 Å². The van der Waals surface area contributed by atoms with Crippen molar-refractivity contribution in [1.29, 1.82) is 0 Å². The monoisotopic (exact) mass is 396 g/mol. The third-order valence-electron chi connectivity index (χ3n) is 3.69. The van der Waals surface area contributed by atoms with E-state index < -0.39 is 0 Å².